The predicted octanol–water partition coefficient (Wildman–Crippen LogP) is 6.27. The van der Waals surface area contributed by atoms with Crippen LogP contribution >= 0.6 is 0 Å². The maximum absolute atomic E-state index is 14.8. The Hall–Kier alpha value is -2.02. The molecule has 7 heteroatoms. The van der Waals surface area contributed by atoms with Crippen molar-refractivity contribution in [1.82, 2.24) is 4.90 Å². The molecule has 1 N–H and O–H groups in total. The number of rotatable bonds is 15. The highest BCUT2D eigenvalue weighted by atomic mass is 19.2. The van der Waals surface area contributed by atoms with Crippen molar-refractivity contribution in [3.63, 3.8) is 0 Å². The number of benzene rings is 1. The molecule has 1 saturated carbocycles. The molecular weight excluding hydrogens is 440 g/mol. The van der Waals surface area contributed by atoms with E-state index in [2.05, 4.69) is 6.92 Å². The Bertz CT molecular complexity index is 816. The van der Waals surface area contributed by atoms with Gasteiger partial charge in [-0.25, -0.2) is 8.78 Å². The van der Waals surface area contributed by atoms with Gasteiger partial charge in [-0.15, -0.1) is 0 Å². The van der Waals surface area contributed by atoms with E-state index >= 15 is 0 Å². The molecule has 0 amide bonds. The molecule has 0 aromatic heterocycles. The first kappa shape index (κ1) is 28.2. The average molecular weight is 482 g/mol. The molecule has 1 aromatic rings. The van der Waals surface area contributed by atoms with Gasteiger partial charge in [0.15, 0.2) is 17.0 Å². The average Bonchev–Trinajstić information content (AvgIpc) is 3.27. The highest BCUT2D eigenvalue weighted by Gasteiger charge is 2.53. The predicted molar refractivity (Wildman–Crippen MR) is 128 cm³/mol. The second-order valence-corrected chi connectivity index (χ2v) is 9.66. The third-order valence-corrected chi connectivity index (χ3v) is 7.15. The fraction of sp³-hybridized carbons (Fsp3) is 0.704. The number of aryl methyl sites for hydroxylation is 1. The standard InChI is InChI=1S/C27H41F2NO4/c1-4-6-7-8-9-10-11-12-13-20-14-15-21(24(29)23(20)28)19-30(3)22-16-17-27(18-22,25(31)32)26(33)34-5-2/h14-15,22H,4-13,16-19H2,1-3H3,(H,31,32). The molecule has 0 aliphatic heterocycles. The fourth-order valence-electron chi connectivity index (χ4n) is 4.92. The second-order valence-electron chi connectivity index (χ2n) is 9.66. The van der Waals surface area contributed by atoms with E-state index in [4.69, 9.17) is 4.74 Å². The lowest BCUT2D eigenvalue weighted by molar-refractivity contribution is -0.168. The van der Waals surface area contributed by atoms with E-state index < -0.39 is 29.0 Å². The van der Waals surface area contributed by atoms with Gasteiger partial charge in [-0.1, -0.05) is 64.0 Å². The molecule has 2 rings (SSSR count). The van der Waals surface area contributed by atoms with Crippen LogP contribution in [0.3, 0.4) is 0 Å². The van der Waals surface area contributed by atoms with Crippen molar-refractivity contribution >= 4 is 11.9 Å². The number of carbonyl (C=O) groups excluding carboxylic acids is 1. The Morgan fingerprint density at radius 2 is 1.62 bits per heavy atom. The number of carbonyl (C=O) groups is 2. The highest BCUT2D eigenvalue weighted by Crippen LogP contribution is 2.42. The van der Waals surface area contributed by atoms with Crippen LogP contribution in [0.5, 0.6) is 0 Å². The SMILES string of the molecule is CCCCCCCCCCc1ccc(CN(C)C2CCC(C(=O)O)(C(=O)OCC)C2)c(F)c1F. The van der Waals surface area contributed by atoms with Gasteiger partial charge in [0.2, 0.25) is 0 Å². The van der Waals surface area contributed by atoms with Gasteiger partial charge >= 0.3 is 11.9 Å². The van der Waals surface area contributed by atoms with Gasteiger partial charge < -0.3 is 9.84 Å². The van der Waals surface area contributed by atoms with Crippen LogP contribution in [0.25, 0.3) is 0 Å². The van der Waals surface area contributed by atoms with E-state index in [-0.39, 0.29) is 37.6 Å². The molecule has 1 fully saturated rings. The van der Waals surface area contributed by atoms with Crippen LogP contribution in [0, 0.1) is 17.0 Å². The Kier molecular flexibility index (Phi) is 11.4. The molecule has 0 saturated heterocycles. The normalized spacial score (nSPS) is 20.1. The summed E-state index contributed by atoms with van der Waals surface area (Å²) < 4.78 is 34.5. The summed E-state index contributed by atoms with van der Waals surface area (Å²) >= 11 is 0. The van der Waals surface area contributed by atoms with Crippen LogP contribution in [0.4, 0.5) is 8.78 Å². The van der Waals surface area contributed by atoms with Crippen molar-refractivity contribution in [2.75, 3.05) is 13.7 Å². The Morgan fingerprint density at radius 3 is 2.24 bits per heavy atom. The minimum atomic E-state index is -1.57. The molecule has 192 valence electrons. The molecule has 5 nitrogen and oxygen atoms in total. The number of aliphatic carboxylic acids is 1. The van der Waals surface area contributed by atoms with Crippen molar-refractivity contribution in [3.05, 3.63) is 34.9 Å². The summed E-state index contributed by atoms with van der Waals surface area (Å²) in [5.74, 6) is -3.53. The summed E-state index contributed by atoms with van der Waals surface area (Å²) in [6.45, 7) is 4.09. The molecule has 34 heavy (non-hydrogen) atoms. The maximum atomic E-state index is 14.8. The lowest BCUT2D eigenvalue weighted by Crippen LogP contribution is -2.40. The molecule has 1 aliphatic rings. The number of carboxylic acid groups (broad SMARTS) is 1. The number of carboxylic acids is 1. The van der Waals surface area contributed by atoms with Gasteiger partial charge in [0.25, 0.3) is 0 Å². The van der Waals surface area contributed by atoms with E-state index in [0.29, 0.717) is 18.4 Å². The van der Waals surface area contributed by atoms with Crippen LogP contribution in [-0.2, 0) is 27.3 Å². The van der Waals surface area contributed by atoms with E-state index in [1.54, 1.807) is 31.0 Å². The second kappa shape index (κ2) is 13.8. The van der Waals surface area contributed by atoms with E-state index in [1.165, 1.54) is 32.1 Å². The quantitative estimate of drug-likeness (QED) is 0.182. The molecule has 1 aliphatic carbocycles. The minimum Gasteiger partial charge on any atom is -0.480 e. The topological polar surface area (TPSA) is 66.8 Å². The van der Waals surface area contributed by atoms with Crippen molar-refractivity contribution in [2.45, 2.75) is 103 Å². The fourth-order valence-corrected chi connectivity index (χ4v) is 4.92. The Labute approximate surface area is 202 Å². The minimum absolute atomic E-state index is 0.0955. The summed E-state index contributed by atoms with van der Waals surface area (Å²) in [6, 6.07) is 3.05. The molecular formula is C27H41F2NO4. The first-order valence-electron chi connectivity index (χ1n) is 12.8. The van der Waals surface area contributed by atoms with Crippen molar-refractivity contribution < 1.29 is 28.2 Å². The summed E-state index contributed by atoms with van der Waals surface area (Å²) in [4.78, 5) is 26.0. The van der Waals surface area contributed by atoms with Crippen LogP contribution in [0.2, 0.25) is 0 Å². The van der Waals surface area contributed by atoms with Crippen LogP contribution in [-0.4, -0.2) is 41.6 Å². The molecule has 0 spiro atoms. The number of halogens is 2. The maximum Gasteiger partial charge on any atom is 0.323 e. The summed E-state index contributed by atoms with van der Waals surface area (Å²) in [5.41, 5.74) is -0.926. The third-order valence-electron chi connectivity index (χ3n) is 7.15. The number of unbranched alkanes of at least 4 members (excludes halogenated alkanes) is 7. The number of esters is 1. The molecule has 2 atom stereocenters. The van der Waals surface area contributed by atoms with Crippen molar-refractivity contribution in [3.8, 4) is 0 Å². The highest BCUT2D eigenvalue weighted by molar-refractivity contribution is 5.99. The first-order valence-corrected chi connectivity index (χ1v) is 12.8. The van der Waals surface area contributed by atoms with Gasteiger partial charge in [0.05, 0.1) is 6.61 Å². The van der Waals surface area contributed by atoms with E-state index in [1.807, 2.05) is 0 Å². The van der Waals surface area contributed by atoms with Gasteiger partial charge in [-0.2, -0.15) is 0 Å². The third kappa shape index (κ3) is 7.24. The summed E-state index contributed by atoms with van der Waals surface area (Å²) in [6.07, 6.45) is 10.5. The number of hydrogen-bond acceptors (Lipinski definition) is 4. The zero-order valence-corrected chi connectivity index (χ0v) is 21.0. The molecule has 1 aromatic carbocycles. The monoisotopic (exact) mass is 481 g/mol. The Morgan fingerprint density at radius 1 is 1.03 bits per heavy atom. The number of hydrogen-bond donors (Lipinski definition) is 1. The Balaban J connectivity index is 1.90. The molecule has 0 heterocycles. The zero-order chi connectivity index (χ0) is 25.1. The lowest BCUT2D eigenvalue weighted by atomic mass is 9.86. The van der Waals surface area contributed by atoms with Crippen molar-refractivity contribution in [2.24, 2.45) is 5.41 Å². The van der Waals surface area contributed by atoms with Gasteiger partial charge in [-0.3, -0.25) is 14.5 Å². The largest absolute Gasteiger partial charge is 0.480 e. The smallest absolute Gasteiger partial charge is 0.323 e. The number of ether oxygens (including phenoxy) is 1. The zero-order valence-electron chi connectivity index (χ0n) is 21.0. The molecule has 0 bridgehead atoms. The first-order chi connectivity index (χ1) is 16.3. The molecule has 0 radical (unpaired) electrons. The summed E-state index contributed by atoms with van der Waals surface area (Å²) in [5, 5.41) is 9.69. The lowest BCUT2D eigenvalue weighted by Gasteiger charge is -2.27. The van der Waals surface area contributed by atoms with Crippen LogP contribution in [0.1, 0.15) is 95.6 Å². The van der Waals surface area contributed by atoms with Crippen LogP contribution in [0.15, 0.2) is 12.1 Å². The van der Waals surface area contributed by atoms with Crippen LogP contribution < -0.4 is 0 Å². The van der Waals surface area contributed by atoms with Crippen molar-refractivity contribution in [1.29, 1.82) is 0 Å². The van der Waals surface area contributed by atoms with Gasteiger partial charge in [0.1, 0.15) is 0 Å². The van der Waals surface area contributed by atoms with E-state index in [9.17, 15) is 23.5 Å². The van der Waals surface area contributed by atoms with Gasteiger partial charge in [0, 0.05) is 18.2 Å². The molecule has 2 unspecified atom stereocenters. The summed E-state index contributed by atoms with van der Waals surface area (Å²) in [7, 11) is 1.75. The van der Waals surface area contributed by atoms with E-state index in [0.717, 1.165) is 19.3 Å². The van der Waals surface area contributed by atoms with Gasteiger partial charge in [-0.05, 0) is 51.6 Å². The number of nitrogens with zero attached hydrogens (tertiary/aromatic N) is 1.